The standard InChI is InChI=1S/C10H14ClN3OS/c1-2-5-15-6-3-4-13-10-14-9(11)8(7-12)16-10/h2-6H2,1H3,(H,13,14). The van der Waals surface area contributed by atoms with Crippen LogP contribution in [0.25, 0.3) is 0 Å². The molecule has 0 atom stereocenters. The van der Waals surface area contributed by atoms with E-state index >= 15 is 0 Å². The van der Waals surface area contributed by atoms with Gasteiger partial charge in [0.05, 0.1) is 0 Å². The molecule has 6 heteroatoms. The first-order chi connectivity index (χ1) is 7.77. The molecule has 1 rings (SSSR count). The summed E-state index contributed by atoms with van der Waals surface area (Å²) in [5.74, 6) is 0. The zero-order chi connectivity index (χ0) is 11.8. The zero-order valence-electron chi connectivity index (χ0n) is 9.12. The van der Waals surface area contributed by atoms with Gasteiger partial charge in [0.15, 0.2) is 10.3 Å². The van der Waals surface area contributed by atoms with Crippen molar-refractivity contribution < 1.29 is 4.74 Å². The molecule has 0 amide bonds. The average Bonchev–Trinajstić information content (AvgIpc) is 2.64. The van der Waals surface area contributed by atoms with Crippen molar-refractivity contribution in [1.82, 2.24) is 4.98 Å². The average molecular weight is 260 g/mol. The van der Waals surface area contributed by atoms with Crippen LogP contribution in [0.15, 0.2) is 0 Å². The quantitative estimate of drug-likeness (QED) is 0.765. The number of anilines is 1. The number of rotatable bonds is 7. The Balaban J connectivity index is 2.20. The lowest BCUT2D eigenvalue weighted by Crippen LogP contribution is -2.05. The van der Waals surface area contributed by atoms with Crippen LogP contribution in [-0.2, 0) is 4.74 Å². The molecule has 0 radical (unpaired) electrons. The van der Waals surface area contributed by atoms with Gasteiger partial charge in [-0.1, -0.05) is 29.9 Å². The van der Waals surface area contributed by atoms with Gasteiger partial charge in [0.2, 0.25) is 0 Å². The Kier molecular flexibility index (Phi) is 6.16. The molecule has 1 N–H and O–H groups in total. The third-order valence-corrected chi connectivity index (χ3v) is 3.08. The summed E-state index contributed by atoms with van der Waals surface area (Å²) in [5.41, 5.74) is 0. The molecule has 0 aromatic carbocycles. The summed E-state index contributed by atoms with van der Waals surface area (Å²) in [6.07, 6.45) is 1.96. The Hall–Kier alpha value is -0.830. The fourth-order valence-electron chi connectivity index (χ4n) is 1.06. The van der Waals surface area contributed by atoms with Crippen LogP contribution in [0.3, 0.4) is 0 Å². The fraction of sp³-hybridized carbons (Fsp3) is 0.600. The molecule has 0 spiro atoms. The van der Waals surface area contributed by atoms with Crippen LogP contribution < -0.4 is 5.32 Å². The molecule has 0 unspecified atom stereocenters. The van der Waals surface area contributed by atoms with E-state index in [9.17, 15) is 0 Å². The Labute approximate surface area is 104 Å². The zero-order valence-corrected chi connectivity index (χ0v) is 10.7. The summed E-state index contributed by atoms with van der Waals surface area (Å²) in [5, 5.41) is 12.8. The normalized spacial score (nSPS) is 10.1. The minimum absolute atomic E-state index is 0.275. The number of nitrogens with zero attached hydrogens (tertiary/aromatic N) is 2. The second-order valence-electron chi connectivity index (χ2n) is 3.14. The molecule has 0 aliphatic heterocycles. The molecule has 88 valence electrons. The van der Waals surface area contributed by atoms with Crippen molar-refractivity contribution in [3.8, 4) is 6.07 Å². The molecule has 0 aliphatic carbocycles. The van der Waals surface area contributed by atoms with E-state index in [1.54, 1.807) is 0 Å². The maximum atomic E-state index is 8.69. The summed E-state index contributed by atoms with van der Waals surface area (Å²) < 4.78 is 5.34. The van der Waals surface area contributed by atoms with Gasteiger partial charge >= 0.3 is 0 Å². The minimum Gasteiger partial charge on any atom is -0.381 e. The second-order valence-corrected chi connectivity index (χ2v) is 4.50. The topological polar surface area (TPSA) is 57.9 Å². The van der Waals surface area contributed by atoms with Gasteiger partial charge in [0, 0.05) is 19.8 Å². The van der Waals surface area contributed by atoms with Gasteiger partial charge in [-0.2, -0.15) is 5.26 Å². The maximum Gasteiger partial charge on any atom is 0.185 e. The first kappa shape index (κ1) is 13.2. The van der Waals surface area contributed by atoms with E-state index in [1.807, 2.05) is 6.07 Å². The third-order valence-electron chi connectivity index (χ3n) is 1.78. The third kappa shape index (κ3) is 4.35. The van der Waals surface area contributed by atoms with Gasteiger partial charge in [-0.15, -0.1) is 0 Å². The number of ether oxygens (including phenoxy) is 1. The van der Waals surface area contributed by atoms with Gasteiger partial charge in [-0.25, -0.2) is 4.98 Å². The predicted octanol–water partition coefficient (Wildman–Crippen LogP) is 2.90. The van der Waals surface area contributed by atoms with Crippen LogP contribution in [0.4, 0.5) is 5.13 Å². The first-order valence-corrected chi connectivity index (χ1v) is 6.35. The van der Waals surface area contributed by atoms with Crippen molar-refractivity contribution in [3.05, 3.63) is 10.0 Å². The molecule has 0 saturated heterocycles. The SMILES string of the molecule is CCCOCCCNc1nc(Cl)c(C#N)s1. The lowest BCUT2D eigenvalue weighted by atomic mass is 10.4. The van der Waals surface area contributed by atoms with E-state index in [2.05, 4.69) is 17.2 Å². The Morgan fingerprint density at radius 2 is 2.38 bits per heavy atom. The highest BCUT2D eigenvalue weighted by Crippen LogP contribution is 2.25. The number of nitriles is 1. The molecule has 0 fully saturated rings. The van der Waals surface area contributed by atoms with Gasteiger partial charge in [-0.05, 0) is 12.8 Å². The summed E-state index contributed by atoms with van der Waals surface area (Å²) in [6.45, 7) is 4.41. The van der Waals surface area contributed by atoms with E-state index in [0.29, 0.717) is 10.0 Å². The number of aromatic nitrogens is 1. The summed E-state index contributed by atoms with van der Waals surface area (Å²) in [6, 6.07) is 1.99. The number of nitrogens with one attached hydrogen (secondary N) is 1. The second kappa shape index (κ2) is 7.44. The van der Waals surface area contributed by atoms with E-state index in [0.717, 1.165) is 32.6 Å². The molecule has 0 bridgehead atoms. The Morgan fingerprint density at radius 1 is 1.56 bits per heavy atom. The Morgan fingerprint density at radius 3 is 3.00 bits per heavy atom. The molecule has 1 aromatic rings. The van der Waals surface area contributed by atoms with E-state index in [4.69, 9.17) is 21.6 Å². The van der Waals surface area contributed by atoms with Gasteiger partial charge in [-0.3, -0.25) is 0 Å². The molecule has 1 aromatic heterocycles. The van der Waals surface area contributed by atoms with Crippen LogP contribution in [0.1, 0.15) is 24.6 Å². The van der Waals surface area contributed by atoms with Crippen molar-refractivity contribution in [1.29, 1.82) is 5.26 Å². The van der Waals surface area contributed by atoms with Crippen LogP contribution in [-0.4, -0.2) is 24.7 Å². The van der Waals surface area contributed by atoms with Gasteiger partial charge in [0.25, 0.3) is 0 Å². The molecular formula is C10H14ClN3OS. The van der Waals surface area contributed by atoms with Gasteiger partial charge in [0.1, 0.15) is 10.9 Å². The molecule has 16 heavy (non-hydrogen) atoms. The summed E-state index contributed by atoms with van der Waals surface area (Å²) >= 11 is 7.01. The molecule has 4 nitrogen and oxygen atoms in total. The first-order valence-electron chi connectivity index (χ1n) is 5.16. The lowest BCUT2D eigenvalue weighted by Gasteiger charge is -2.03. The minimum atomic E-state index is 0.275. The van der Waals surface area contributed by atoms with E-state index in [1.165, 1.54) is 11.3 Å². The lowest BCUT2D eigenvalue weighted by molar-refractivity contribution is 0.134. The highest BCUT2D eigenvalue weighted by atomic mass is 35.5. The highest BCUT2D eigenvalue weighted by Gasteiger charge is 2.07. The summed E-state index contributed by atoms with van der Waals surface area (Å²) in [7, 11) is 0. The molecule has 1 heterocycles. The molecule has 0 saturated carbocycles. The fourth-order valence-corrected chi connectivity index (χ4v) is 2.03. The highest BCUT2D eigenvalue weighted by molar-refractivity contribution is 7.16. The molecule has 0 aliphatic rings. The van der Waals surface area contributed by atoms with Crippen molar-refractivity contribution in [2.45, 2.75) is 19.8 Å². The largest absolute Gasteiger partial charge is 0.381 e. The van der Waals surface area contributed by atoms with E-state index < -0.39 is 0 Å². The van der Waals surface area contributed by atoms with Gasteiger partial charge < -0.3 is 10.1 Å². The van der Waals surface area contributed by atoms with E-state index in [-0.39, 0.29) is 5.15 Å². The van der Waals surface area contributed by atoms with Crippen LogP contribution >= 0.6 is 22.9 Å². The monoisotopic (exact) mass is 259 g/mol. The smallest absolute Gasteiger partial charge is 0.185 e. The number of thiazole rings is 1. The van der Waals surface area contributed by atoms with Crippen LogP contribution in [0.2, 0.25) is 5.15 Å². The number of hydrogen-bond donors (Lipinski definition) is 1. The van der Waals surface area contributed by atoms with Crippen molar-refractivity contribution in [3.63, 3.8) is 0 Å². The number of halogens is 1. The molecular weight excluding hydrogens is 246 g/mol. The van der Waals surface area contributed by atoms with Crippen molar-refractivity contribution in [2.24, 2.45) is 0 Å². The maximum absolute atomic E-state index is 8.69. The van der Waals surface area contributed by atoms with Crippen molar-refractivity contribution >= 4 is 28.1 Å². The Bertz CT molecular complexity index is 361. The van der Waals surface area contributed by atoms with Crippen LogP contribution in [0, 0.1) is 11.3 Å². The summed E-state index contributed by atoms with van der Waals surface area (Å²) in [4.78, 5) is 4.48. The van der Waals surface area contributed by atoms with Crippen LogP contribution in [0.5, 0.6) is 0 Å². The predicted molar refractivity (Wildman–Crippen MR) is 66.1 cm³/mol. The number of hydrogen-bond acceptors (Lipinski definition) is 5. The van der Waals surface area contributed by atoms with Crippen molar-refractivity contribution in [2.75, 3.05) is 25.1 Å².